The van der Waals surface area contributed by atoms with Crippen LogP contribution in [0.5, 0.6) is 0 Å². The lowest BCUT2D eigenvalue weighted by Gasteiger charge is -2.20. The first-order chi connectivity index (χ1) is 10.1. The lowest BCUT2D eigenvalue weighted by molar-refractivity contribution is -0.384. The van der Waals surface area contributed by atoms with Crippen LogP contribution >= 0.6 is 22.6 Å². The smallest absolute Gasteiger partial charge is 0.269 e. The Morgan fingerprint density at radius 1 is 1.24 bits per heavy atom. The molecule has 0 aliphatic rings. The fourth-order valence-electron chi connectivity index (χ4n) is 2.25. The molecule has 2 aromatic rings. The Morgan fingerprint density at radius 2 is 2.00 bits per heavy atom. The summed E-state index contributed by atoms with van der Waals surface area (Å²) in [5, 5.41) is 14.4. The second kappa shape index (κ2) is 7.40. The summed E-state index contributed by atoms with van der Waals surface area (Å²) in [4.78, 5) is 10.6. The molecule has 1 atom stereocenters. The molecule has 2 aromatic carbocycles. The maximum atomic E-state index is 10.9. The number of benzene rings is 2. The van der Waals surface area contributed by atoms with E-state index in [9.17, 15) is 10.1 Å². The molecule has 0 bridgehead atoms. The third kappa shape index (κ3) is 4.42. The quantitative estimate of drug-likeness (QED) is 0.417. The van der Waals surface area contributed by atoms with Crippen molar-refractivity contribution in [1.29, 1.82) is 0 Å². The van der Waals surface area contributed by atoms with Crippen LogP contribution in [0.3, 0.4) is 0 Å². The van der Waals surface area contributed by atoms with Crippen LogP contribution in [-0.2, 0) is 0 Å². The van der Waals surface area contributed by atoms with Crippen molar-refractivity contribution in [2.75, 3.05) is 5.32 Å². The minimum atomic E-state index is -0.349. The average Bonchev–Trinajstić information content (AvgIpc) is 2.47. The van der Waals surface area contributed by atoms with Crippen molar-refractivity contribution in [1.82, 2.24) is 0 Å². The standard InChI is InChI=1S/C16H17IN2O2/c1-2-5-16(18-14-8-4-7-13(17)11-14)12-6-3-9-15(10-12)19(20)21/h3-4,6-11,16,18H,2,5H2,1H3. The Kier molecular flexibility index (Phi) is 5.55. The van der Waals surface area contributed by atoms with Crippen LogP contribution in [0.15, 0.2) is 48.5 Å². The Bertz CT molecular complexity index is 631. The highest BCUT2D eigenvalue weighted by molar-refractivity contribution is 14.1. The maximum Gasteiger partial charge on any atom is 0.269 e. The Hall–Kier alpha value is -1.63. The predicted octanol–water partition coefficient (Wildman–Crippen LogP) is 5.15. The van der Waals surface area contributed by atoms with Crippen molar-refractivity contribution in [3.8, 4) is 0 Å². The van der Waals surface area contributed by atoms with E-state index in [1.54, 1.807) is 12.1 Å². The van der Waals surface area contributed by atoms with E-state index < -0.39 is 0 Å². The first-order valence-electron chi connectivity index (χ1n) is 6.86. The second-order valence-electron chi connectivity index (χ2n) is 4.85. The number of nitrogens with one attached hydrogen (secondary N) is 1. The molecule has 110 valence electrons. The van der Waals surface area contributed by atoms with Gasteiger partial charge in [-0.15, -0.1) is 0 Å². The number of anilines is 1. The summed E-state index contributed by atoms with van der Waals surface area (Å²) < 4.78 is 1.16. The van der Waals surface area contributed by atoms with E-state index >= 15 is 0 Å². The third-order valence-electron chi connectivity index (χ3n) is 3.23. The zero-order valence-corrected chi connectivity index (χ0v) is 13.9. The topological polar surface area (TPSA) is 55.2 Å². The number of hydrogen-bond acceptors (Lipinski definition) is 3. The molecular weight excluding hydrogens is 379 g/mol. The average molecular weight is 396 g/mol. The second-order valence-corrected chi connectivity index (χ2v) is 6.09. The molecule has 4 nitrogen and oxygen atoms in total. The molecule has 0 saturated heterocycles. The van der Waals surface area contributed by atoms with Crippen molar-refractivity contribution >= 4 is 34.0 Å². The van der Waals surface area contributed by atoms with Gasteiger partial charge in [-0.3, -0.25) is 10.1 Å². The Labute approximate surface area is 137 Å². The number of rotatable bonds is 6. The molecule has 0 aromatic heterocycles. The lowest BCUT2D eigenvalue weighted by Crippen LogP contribution is -2.11. The number of nitrogens with zero attached hydrogens (tertiary/aromatic N) is 1. The highest BCUT2D eigenvalue weighted by Gasteiger charge is 2.14. The van der Waals surface area contributed by atoms with E-state index in [1.165, 1.54) is 6.07 Å². The molecule has 0 spiro atoms. The zero-order valence-electron chi connectivity index (χ0n) is 11.8. The fraction of sp³-hybridized carbons (Fsp3) is 0.250. The van der Waals surface area contributed by atoms with Crippen LogP contribution in [0.4, 0.5) is 11.4 Å². The van der Waals surface area contributed by atoms with Crippen molar-refractivity contribution in [3.05, 3.63) is 67.8 Å². The van der Waals surface area contributed by atoms with Gasteiger partial charge in [0.15, 0.2) is 0 Å². The van der Waals surface area contributed by atoms with Crippen LogP contribution in [0.25, 0.3) is 0 Å². The predicted molar refractivity (Wildman–Crippen MR) is 93.5 cm³/mol. The minimum Gasteiger partial charge on any atom is -0.378 e. The normalized spacial score (nSPS) is 11.9. The van der Waals surface area contributed by atoms with E-state index in [0.717, 1.165) is 27.7 Å². The highest BCUT2D eigenvalue weighted by atomic mass is 127. The molecule has 0 fully saturated rings. The van der Waals surface area contributed by atoms with Crippen molar-refractivity contribution in [2.24, 2.45) is 0 Å². The molecule has 2 rings (SSSR count). The van der Waals surface area contributed by atoms with Gasteiger partial charge < -0.3 is 5.32 Å². The van der Waals surface area contributed by atoms with Gasteiger partial charge in [-0.2, -0.15) is 0 Å². The molecule has 0 heterocycles. The molecule has 0 amide bonds. The van der Waals surface area contributed by atoms with E-state index in [1.807, 2.05) is 24.3 Å². The SMILES string of the molecule is CCCC(Nc1cccc(I)c1)c1cccc([N+](=O)[O-])c1. The monoisotopic (exact) mass is 396 g/mol. The summed E-state index contributed by atoms with van der Waals surface area (Å²) in [6.07, 6.45) is 1.93. The molecule has 0 radical (unpaired) electrons. The van der Waals surface area contributed by atoms with Crippen LogP contribution in [0.1, 0.15) is 31.4 Å². The number of halogens is 1. The molecular formula is C16H17IN2O2. The summed E-state index contributed by atoms with van der Waals surface area (Å²) in [5.74, 6) is 0. The molecule has 21 heavy (non-hydrogen) atoms. The van der Waals surface area contributed by atoms with E-state index in [2.05, 4.69) is 40.9 Å². The number of hydrogen-bond donors (Lipinski definition) is 1. The first kappa shape index (κ1) is 15.8. The van der Waals surface area contributed by atoms with Crippen LogP contribution in [0, 0.1) is 13.7 Å². The Balaban J connectivity index is 2.26. The fourth-order valence-corrected chi connectivity index (χ4v) is 2.79. The van der Waals surface area contributed by atoms with Crippen molar-refractivity contribution in [3.63, 3.8) is 0 Å². The van der Waals surface area contributed by atoms with Gasteiger partial charge in [-0.25, -0.2) is 0 Å². The summed E-state index contributed by atoms with van der Waals surface area (Å²) in [7, 11) is 0. The summed E-state index contributed by atoms with van der Waals surface area (Å²) >= 11 is 2.27. The number of nitro benzene ring substituents is 1. The molecule has 0 aliphatic heterocycles. The molecule has 1 unspecified atom stereocenters. The van der Waals surface area contributed by atoms with Gasteiger partial charge in [0.2, 0.25) is 0 Å². The molecule has 0 aliphatic carbocycles. The highest BCUT2D eigenvalue weighted by Crippen LogP contribution is 2.27. The summed E-state index contributed by atoms with van der Waals surface area (Å²) in [6, 6.07) is 15.1. The lowest BCUT2D eigenvalue weighted by atomic mass is 10.0. The van der Waals surface area contributed by atoms with E-state index in [-0.39, 0.29) is 16.7 Å². The van der Waals surface area contributed by atoms with Gasteiger partial charge in [0, 0.05) is 21.4 Å². The van der Waals surface area contributed by atoms with Gasteiger partial charge in [0.05, 0.1) is 11.0 Å². The molecule has 1 N–H and O–H groups in total. The van der Waals surface area contributed by atoms with Crippen LogP contribution < -0.4 is 5.32 Å². The first-order valence-corrected chi connectivity index (χ1v) is 7.94. The summed E-state index contributed by atoms with van der Waals surface area (Å²) in [5.41, 5.74) is 2.12. The summed E-state index contributed by atoms with van der Waals surface area (Å²) in [6.45, 7) is 2.11. The van der Waals surface area contributed by atoms with E-state index in [0.29, 0.717) is 0 Å². The van der Waals surface area contributed by atoms with Gasteiger partial charge in [0.1, 0.15) is 0 Å². The number of nitro groups is 1. The van der Waals surface area contributed by atoms with Crippen LogP contribution in [0.2, 0.25) is 0 Å². The van der Waals surface area contributed by atoms with Crippen molar-refractivity contribution in [2.45, 2.75) is 25.8 Å². The molecule has 0 saturated carbocycles. The Morgan fingerprint density at radius 3 is 2.67 bits per heavy atom. The maximum absolute atomic E-state index is 10.9. The van der Waals surface area contributed by atoms with Gasteiger partial charge in [-0.05, 0) is 52.8 Å². The van der Waals surface area contributed by atoms with E-state index in [4.69, 9.17) is 0 Å². The zero-order chi connectivity index (χ0) is 15.2. The third-order valence-corrected chi connectivity index (χ3v) is 3.90. The van der Waals surface area contributed by atoms with Crippen molar-refractivity contribution < 1.29 is 4.92 Å². The van der Waals surface area contributed by atoms with Gasteiger partial charge in [0.25, 0.3) is 5.69 Å². The van der Waals surface area contributed by atoms with Gasteiger partial charge >= 0.3 is 0 Å². The molecule has 5 heteroatoms. The van der Waals surface area contributed by atoms with Crippen LogP contribution in [-0.4, -0.2) is 4.92 Å². The number of non-ortho nitro benzene ring substituents is 1. The van der Waals surface area contributed by atoms with Gasteiger partial charge in [-0.1, -0.05) is 31.5 Å². The largest absolute Gasteiger partial charge is 0.378 e. The minimum absolute atomic E-state index is 0.0769.